The molecule has 1 atom stereocenters. The molecule has 0 fully saturated rings. The molecule has 0 N–H and O–H groups in total. The van der Waals surface area contributed by atoms with Gasteiger partial charge in [-0.05, 0) is 59.4 Å². The standard InChI is InChI=1S/C29H24F2N2O2/c30-26-10-8-20(16-27(26)31)18-33-13-3-6-22(29(33)35)17-23(34)15-19-4-1-5-21(14-19)24-9-11-28-25(24)7-2-12-32-28/h1-8,10,12-14,16,24H,9,11,15,17-18H2. The molecule has 2 aromatic heterocycles. The van der Waals surface area contributed by atoms with E-state index in [1.165, 1.54) is 21.8 Å². The van der Waals surface area contributed by atoms with Crippen LogP contribution in [-0.2, 0) is 30.6 Å². The van der Waals surface area contributed by atoms with Gasteiger partial charge in [-0.3, -0.25) is 14.6 Å². The number of hydrogen-bond donors (Lipinski definition) is 0. The van der Waals surface area contributed by atoms with Gasteiger partial charge in [-0.25, -0.2) is 8.78 Å². The van der Waals surface area contributed by atoms with Crippen LogP contribution in [0.1, 0.15) is 45.8 Å². The van der Waals surface area contributed by atoms with Crippen molar-refractivity contribution in [1.29, 1.82) is 0 Å². The molecule has 0 amide bonds. The summed E-state index contributed by atoms with van der Waals surface area (Å²) in [5, 5.41) is 0. The predicted molar refractivity (Wildman–Crippen MR) is 129 cm³/mol. The van der Waals surface area contributed by atoms with E-state index >= 15 is 0 Å². The summed E-state index contributed by atoms with van der Waals surface area (Å²) >= 11 is 0. The van der Waals surface area contributed by atoms with Crippen LogP contribution < -0.4 is 5.56 Å². The van der Waals surface area contributed by atoms with Crippen LogP contribution in [0.5, 0.6) is 0 Å². The molecular weight excluding hydrogens is 446 g/mol. The molecule has 0 aliphatic heterocycles. The number of pyridine rings is 2. The number of hydrogen-bond acceptors (Lipinski definition) is 3. The van der Waals surface area contributed by atoms with Crippen LogP contribution in [0.15, 0.2) is 83.9 Å². The SMILES string of the molecule is O=C(Cc1cccc(C2CCc3ncccc32)c1)Cc1cccn(Cc2ccc(F)c(F)c2)c1=O. The molecule has 0 radical (unpaired) electrons. The molecule has 0 bridgehead atoms. The van der Waals surface area contributed by atoms with Crippen molar-refractivity contribution >= 4 is 5.78 Å². The third-order valence-electron chi connectivity index (χ3n) is 6.55. The average molecular weight is 471 g/mol. The van der Waals surface area contributed by atoms with Crippen molar-refractivity contribution in [2.24, 2.45) is 0 Å². The zero-order chi connectivity index (χ0) is 24.4. The highest BCUT2D eigenvalue weighted by Crippen LogP contribution is 2.37. The Morgan fingerprint density at radius 2 is 1.83 bits per heavy atom. The smallest absolute Gasteiger partial charge is 0.254 e. The van der Waals surface area contributed by atoms with Crippen molar-refractivity contribution in [2.45, 2.75) is 38.1 Å². The third-order valence-corrected chi connectivity index (χ3v) is 6.55. The lowest BCUT2D eigenvalue weighted by atomic mass is 9.91. The van der Waals surface area contributed by atoms with Gasteiger partial charge in [0.25, 0.3) is 5.56 Å². The number of aryl methyl sites for hydroxylation is 1. The van der Waals surface area contributed by atoms with Crippen LogP contribution in [-0.4, -0.2) is 15.3 Å². The van der Waals surface area contributed by atoms with Gasteiger partial charge in [0, 0.05) is 42.4 Å². The van der Waals surface area contributed by atoms with Gasteiger partial charge in [0.15, 0.2) is 11.6 Å². The number of rotatable bonds is 7. The summed E-state index contributed by atoms with van der Waals surface area (Å²) < 4.78 is 28.1. The maximum absolute atomic E-state index is 13.5. The second-order valence-corrected chi connectivity index (χ2v) is 8.98. The largest absolute Gasteiger partial charge is 0.311 e. The molecule has 35 heavy (non-hydrogen) atoms. The number of halogens is 2. The number of nitrogens with zero attached hydrogens (tertiary/aromatic N) is 2. The van der Waals surface area contributed by atoms with E-state index in [0.717, 1.165) is 36.2 Å². The number of aromatic nitrogens is 2. The lowest BCUT2D eigenvalue weighted by molar-refractivity contribution is -0.117. The van der Waals surface area contributed by atoms with Crippen LogP contribution in [0.2, 0.25) is 0 Å². The lowest BCUT2D eigenvalue weighted by Crippen LogP contribution is -2.25. The fourth-order valence-corrected chi connectivity index (χ4v) is 4.86. The first-order chi connectivity index (χ1) is 17.0. The topological polar surface area (TPSA) is 52.0 Å². The number of carbonyl (C=O) groups is 1. The van der Waals surface area contributed by atoms with Crippen molar-refractivity contribution in [1.82, 2.24) is 9.55 Å². The van der Waals surface area contributed by atoms with Crippen LogP contribution >= 0.6 is 0 Å². The summed E-state index contributed by atoms with van der Waals surface area (Å²) in [5.41, 5.74) is 5.03. The fourth-order valence-electron chi connectivity index (χ4n) is 4.86. The monoisotopic (exact) mass is 470 g/mol. The highest BCUT2D eigenvalue weighted by Gasteiger charge is 2.24. The normalized spacial score (nSPS) is 14.6. The molecule has 0 saturated heterocycles. The maximum Gasteiger partial charge on any atom is 0.254 e. The van der Waals surface area contributed by atoms with Crippen molar-refractivity contribution in [3.05, 3.63) is 135 Å². The van der Waals surface area contributed by atoms with Gasteiger partial charge in [0.2, 0.25) is 0 Å². The number of carbonyl (C=O) groups excluding carboxylic acids is 1. The van der Waals surface area contributed by atoms with Gasteiger partial charge in [-0.2, -0.15) is 0 Å². The van der Waals surface area contributed by atoms with Gasteiger partial charge < -0.3 is 4.57 Å². The number of benzene rings is 2. The van der Waals surface area contributed by atoms with Gasteiger partial charge in [-0.1, -0.05) is 42.5 Å². The molecule has 2 aromatic carbocycles. The molecule has 6 heteroatoms. The molecule has 4 nitrogen and oxygen atoms in total. The molecule has 0 saturated carbocycles. The summed E-state index contributed by atoms with van der Waals surface area (Å²) in [6, 6.07) is 19.1. The summed E-state index contributed by atoms with van der Waals surface area (Å²) in [5.74, 6) is -1.66. The first-order valence-electron chi connectivity index (χ1n) is 11.6. The Bertz CT molecular complexity index is 1460. The zero-order valence-electron chi connectivity index (χ0n) is 19.1. The minimum atomic E-state index is -0.957. The van der Waals surface area contributed by atoms with E-state index in [-0.39, 0.29) is 36.6 Å². The second-order valence-electron chi connectivity index (χ2n) is 8.98. The van der Waals surface area contributed by atoms with Crippen LogP contribution in [0.4, 0.5) is 8.78 Å². The lowest BCUT2D eigenvalue weighted by Gasteiger charge is -2.13. The highest BCUT2D eigenvalue weighted by atomic mass is 19.2. The van der Waals surface area contributed by atoms with Crippen LogP contribution in [0.25, 0.3) is 0 Å². The Morgan fingerprint density at radius 1 is 0.943 bits per heavy atom. The van der Waals surface area contributed by atoms with Crippen LogP contribution in [0.3, 0.4) is 0 Å². The summed E-state index contributed by atoms with van der Waals surface area (Å²) in [6.45, 7) is 0.0951. The molecular formula is C29H24F2N2O2. The average Bonchev–Trinajstić information content (AvgIpc) is 3.28. The van der Waals surface area contributed by atoms with Crippen molar-refractivity contribution in [3.63, 3.8) is 0 Å². The Balaban J connectivity index is 1.29. The van der Waals surface area contributed by atoms with Crippen LogP contribution in [0, 0.1) is 11.6 Å². The van der Waals surface area contributed by atoms with E-state index in [1.807, 2.05) is 24.4 Å². The number of fused-ring (bicyclic) bond motifs is 1. The number of ketones is 1. The first kappa shape index (κ1) is 22.8. The van der Waals surface area contributed by atoms with E-state index in [0.29, 0.717) is 11.1 Å². The van der Waals surface area contributed by atoms with Crippen molar-refractivity contribution < 1.29 is 13.6 Å². The maximum atomic E-state index is 13.5. The Kier molecular flexibility index (Phi) is 6.36. The molecule has 2 heterocycles. The van der Waals surface area contributed by atoms with E-state index < -0.39 is 11.6 Å². The van der Waals surface area contributed by atoms with Gasteiger partial charge in [0.1, 0.15) is 5.78 Å². The molecule has 176 valence electrons. The third kappa shape index (κ3) is 4.97. The molecule has 1 aliphatic rings. The molecule has 4 aromatic rings. The molecule has 1 unspecified atom stereocenters. The molecule has 1 aliphatic carbocycles. The van der Waals surface area contributed by atoms with Gasteiger partial charge >= 0.3 is 0 Å². The molecule has 5 rings (SSSR count). The van der Waals surface area contributed by atoms with Crippen molar-refractivity contribution in [2.75, 3.05) is 0 Å². The minimum Gasteiger partial charge on any atom is -0.311 e. The highest BCUT2D eigenvalue weighted by molar-refractivity contribution is 5.83. The van der Waals surface area contributed by atoms with E-state index in [2.05, 4.69) is 23.2 Å². The first-order valence-corrected chi connectivity index (χ1v) is 11.6. The predicted octanol–water partition coefficient (Wildman–Crippen LogP) is 5.00. The minimum absolute atomic E-state index is 0.0118. The quantitative estimate of drug-likeness (QED) is 0.382. The Labute approximate surface area is 201 Å². The number of Topliss-reactive ketones (excluding diaryl/α,β-unsaturated/α-hetero) is 1. The van der Waals surface area contributed by atoms with Gasteiger partial charge in [0.05, 0.1) is 6.54 Å². The molecule has 0 spiro atoms. The summed E-state index contributed by atoms with van der Waals surface area (Å²) in [4.78, 5) is 30.2. The Hall–Kier alpha value is -3.93. The Morgan fingerprint density at radius 3 is 2.69 bits per heavy atom. The van der Waals surface area contributed by atoms with E-state index in [4.69, 9.17) is 0 Å². The second kappa shape index (κ2) is 9.74. The van der Waals surface area contributed by atoms with Crippen molar-refractivity contribution in [3.8, 4) is 0 Å². The summed E-state index contributed by atoms with van der Waals surface area (Å²) in [7, 11) is 0. The summed E-state index contributed by atoms with van der Waals surface area (Å²) in [6.07, 6.45) is 5.61. The van der Waals surface area contributed by atoms with E-state index in [9.17, 15) is 18.4 Å². The fraction of sp³-hybridized carbons (Fsp3) is 0.207. The van der Waals surface area contributed by atoms with Gasteiger partial charge in [-0.15, -0.1) is 0 Å². The van der Waals surface area contributed by atoms with E-state index in [1.54, 1.807) is 18.3 Å². The zero-order valence-corrected chi connectivity index (χ0v) is 19.1.